The minimum Gasteiger partial charge on any atom is -0.497 e. The van der Waals surface area contributed by atoms with Gasteiger partial charge in [0.25, 0.3) is 5.91 Å². The first-order valence-electron chi connectivity index (χ1n) is 7.25. The fourth-order valence-corrected chi connectivity index (χ4v) is 3.46. The highest BCUT2D eigenvalue weighted by atomic mass is 32.2. The van der Waals surface area contributed by atoms with Crippen LogP contribution in [0.4, 0.5) is 5.69 Å². The highest BCUT2D eigenvalue weighted by Crippen LogP contribution is 2.41. The number of benzene rings is 2. The lowest BCUT2D eigenvalue weighted by Gasteiger charge is -2.28. The number of hydrogen-bond acceptors (Lipinski definition) is 4. The van der Waals surface area contributed by atoms with Crippen molar-refractivity contribution in [2.24, 2.45) is 0 Å². The number of nitrogens with zero attached hydrogens (tertiary/aromatic N) is 1. The summed E-state index contributed by atoms with van der Waals surface area (Å²) in [6.07, 6.45) is 1.76. The van der Waals surface area contributed by atoms with Crippen LogP contribution in [0.1, 0.15) is 5.56 Å². The van der Waals surface area contributed by atoms with Gasteiger partial charge in [0.15, 0.2) is 0 Å². The van der Waals surface area contributed by atoms with Gasteiger partial charge in [0, 0.05) is 4.90 Å². The van der Waals surface area contributed by atoms with E-state index in [1.165, 1.54) is 16.7 Å². The number of ether oxygens (including phenoxy) is 1. The molecule has 2 aromatic rings. The molecule has 0 atom stereocenters. The Labute approximate surface area is 143 Å². The van der Waals surface area contributed by atoms with E-state index in [9.17, 15) is 9.59 Å². The number of carboxylic acid groups (broad SMARTS) is 1. The van der Waals surface area contributed by atoms with E-state index in [2.05, 4.69) is 0 Å². The smallest absolute Gasteiger partial charge is 0.323 e. The molecular weight excluding hydrogens is 326 g/mol. The molecule has 2 aromatic carbocycles. The first kappa shape index (κ1) is 16.1. The summed E-state index contributed by atoms with van der Waals surface area (Å²) in [5, 5.41) is 9.11. The molecule has 122 valence electrons. The monoisotopic (exact) mass is 341 g/mol. The number of carbonyl (C=O) groups is 2. The zero-order valence-electron chi connectivity index (χ0n) is 12.9. The normalized spacial score (nSPS) is 15.3. The molecule has 3 rings (SSSR count). The summed E-state index contributed by atoms with van der Waals surface area (Å²) in [6.45, 7) is -0.365. The van der Waals surface area contributed by atoms with Gasteiger partial charge >= 0.3 is 5.97 Å². The number of aliphatic carboxylic acids is 1. The molecule has 0 unspecified atom stereocenters. The van der Waals surface area contributed by atoms with Crippen LogP contribution >= 0.6 is 11.8 Å². The third-order valence-electron chi connectivity index (χ3n) is 3.54. The van der Waals surface area contributed by atoms with Crippen LogP contribution in [0, 0.1) is 0 Å². The van der Waals surface area contributed by atoms with E-state index >= 15 is 0 Å². The minimum absolute atomic E-state index is 0.308. The number of rotatable bonds is 4. The summed E-state index contributed by atoms with van der Waals surface area (Å²) < 4.78 is 5.12. The van der Waals surface area contributed by atoms with E-state index in [1.54, 1.807) is 25.3 Å². The van der Waals surface area contributed by atoms with E-state index in [0.717, 1.165) is 16.2 Å². The van der Waals surface area contributed by atoms with Gasteiger partial charge in [-0.2, -0.15) is 0 Å². The zero-order valence-corrected chi connectivity index (χ0v) is 13.7. The van der Waals surface area contributed by atoms with Crippen molar-refractivity contribution in [2.75, 3.05) is 18.6 Å². The van der Waals surface area contributed by atoms with Gasteiger partial charge in [-0.05, 0) is 35.9 Å². The van der Waals surface area contributed by atoms with Crippen LogP contribution in [0.15, 0.2) is 58.3 Å². The van der Waals surface area contributed by atoms with E-state index in [4.69, 9.17) is 9.84 Å². The van der Waals surface area contributed by atoms with Crippen molar-refractivity contribution in [1.29, 1.82) is 0 Å². The van der Waals surface area contributed by atoms with Gasteiger partial charge in [0.2, 0.25) is 0 Å². The molecule has 24 heavy (non-hydrogen) atoms. The molecule has 0 saturated carbocycles. The van der Waals surface area contributed by atoms with Crippen LogP contribution in [-0.4, -0.2) is 30.6 Å². The maximum Gasteiger partial charge on any atom is 0.323 e. The molecule has 1 heterocycles. The van der Waals surface area contributed by atoms with Crippen LogP contribution in [0.5, 0.6) is 5.75 Å². The fourth-order valence-electron chi connectivity index (χ4n) is 2.41. The molecule has 0 radical (unpaired) electrons. The number of hydrogen-bond donors (Lipinski definition) is 1. The molecule has 0 bridgehead atoms. The molecule has 5 nitrogen and oxygen atoms in total. The van der Waals surface area contributed by atoms with Gasteiger partial charge in [0.05, 0.1) is 17.7 Å². The third kappa shape index (κ3) is 3.28. The Morgan fingerprint density at radius 2 is 1.92 bits per heavy atom. The fraction of sp³-hybridized carbons (Fsp3) is 0.111. The maximum absolute atomic E-state index is 12.7. The highest BCUT2D eigenvalue weighted by Gasteiger charge is 2.30. The number of anilines is 1. The molecule has 0 saturated heterocycles. The topological polar surface area (TPSA) is 66.8 Å². The second-order valence-corrected chi connectivity index (χ2v) is 6.22. The number of methoxy groups -OCH3 is 1. The van der Waals surface area contributed by atoms with E-state index < -0.39 is 5.97 Å². The van der Waals surface area contributed by atoms with Crippen molar-refractivity contribution in [3.63, 3.8) is 0 Å². The zero-order chi connectivity index (χ0) is 17.1. The summed E-state index contributed by atoms with van der Waals surface area (Å²) in [7, 11) is 1.59. The Hall–Kier alpha value is -2.73. The molecule has 1 aliphatic heterocycles. The van der Waals surface area contributed by atoms with Crippen molar-refractivity contribution >= 4 is 35.4 Å². The Bertz CT molecular complexity index is 814. The lowest BCUT2D eigenvalue weighted by molar-refractivity contribution is -0.136. The van der Waals surface area contributed by atoms with Crippen molar-refractivity contribution in [2.45, 2.75) is 4.90 Å². The van der Waals surface area contributed by atoms with Gasteiger partial charge in [-0.1, -0.05) is 36.0 Å². The SMILES string of the molecule is COc1ccc(C=C2Sc3ccccc3N(CC(=O)O)C2=O)cc1. The predicted molar refractivity (Wildman–Crippen MR) is 93.3 cm³/mol. The molecule has 0 aromatic heterocycles. The number of para-hydroxylation sites is 1. The average molecular weight is 341 g/mol. The number of carbonyl (C=O) groups excluding carboxylic acids is 1. The maximum atomic E-state index is 12.7. The lowest BCUT2D eigenvalue weighted by atomic mass is 10.2. The molecule has 0 aliphatic carbocycles. The van der Waals surface area contributed by atoms with Gasteiger partial charge in [0.1, 0.15) is 12.3 Å². The van der Waals surface area contributed by atoms with Gasteiger partial charge in [-0.25, -0.2) is 0 Å². The van der Waals surface area contributed by atoms with Crippen molar-refractivity contribution in [1.82, 2.24) is 0 Å². The molecular formula is C18H15NO4S. The van der Waals surface area contributed by atoms with Crippen LogP contribution in [-0.2, 0) is 9.59 Å². The first-order valence-corrected chi connectivity index (χ1v) is 8.06. The molecule has 0 spiro atoms. The number of carboxylic acids is 1. The Morgan fingerprint density at radius 1 is 1.21 bits per heavy atom. The van der Waals surface area contributed by atoms with Crippen LogP contribution < -0.4 is 9.64 Å². The van der Waals surface area contributed by atoms with Crippen molar-refractivity contribution < 1.29 is 19.4 Å². The molecule has 1 N–H and O–H groups in total. The van der Waals surface area contributed by atoms with Crippen LogP contribution in [0.3, 0.4) is 0 Å². The van der Waals surface area contributed by atoms with Crippen LogP contribution in [0.25, 0.3) is 6.08 Å². The summed E-state index contributed by atoms with van der Waals surface area (Å²) in [6, 6.07) is 14.6. The quantitative estimate of drug-likeness (QED) is 0.865. The summed E-state index contributed by atoms with van der Waals surface area (Å²) in [5.74, 6) is -0.622. The number of amides is 1. The summed E-state index contributed by atoms with van der Waals surface area (Å²) in [5.41, 5.74) is 1.48. The number of thioether (sulfide) groups is 1. The largest absolute Gasteiger partial charge is 0.497 e. The van der Waals surface area contributed by atoms with Crippen LogP contribution in [0.2, 0.25) is 0 Å². The van der Waals surface area contributed by atoms with E-state index in [0.29, 0.717) is 10.6 Å². The Kier molecular flexibility index (Phi) is 4.57. The second kappa shape index (κ2) is 6.80. The predicted octanol–water partition coefficient (Wildman–Crippen LogP) is 3.26. The molecule has 0 fully saturated rings. The van der Waals surface area contributed by atoms with Crippen molar-refractivity contribution in [3.05, 3.63) is 59.0 Å². The van der Waals surface area contributed by atoms with Gasteiger partial charge in [-0.15, -0.1) is 0 Å². The molecule has 6 heteroatoms. The Morgan fingerprint density at radius 3 is 2.58 bits per heavy atom. The number of fused-ring (bicyclic) bond motifs is 1. The average Bonchev–Trinajstić information content (AvgIpc) is 2.59. The second-order valence-electron chi connectivity index (χ2n) is 5.14. The van der Waals surface area contributed by atoms with Crippen molar-refractivity contribution in [3.8, 4) is 5.75 Å². The van der Waals surface area contributed by atoms with Gasteiger partial charge < -0.3 is 9.84 Å². The standard InChI is InChI=1S/C18H15NO4S/c1-23-13-8-6-12(7-9-13)10-16-18(22)19(11-17(20)21)14-4-2-3-5-15(14)24-16/h2-10H,11H2,1H3,(H,20,21). The van der Waals surface area contributed by atoms with Gasteiger partial charge in [-0.3, -0.25) is 14.5 Å². The highest BCUT2D eigenvalue weighted by molar-refractivity contribution is 8.04. The lowest BCUT2D eigenvalue weighted by Crippen LogP contribution is -2.38. The Balaban J connectivity index is 1.98. The van der Waals surface area contributed by atoms with E-state index in [1.807, 2.05) is 36.4 Å². The first-order chi connectivity index (χ1) is 11.6. The summed E-state index contributed by atoms with van der Waals surface area (Å²) in [4.78, 5) is 26.5. The molecule has 1 aliphatic rings. The summed E-state index contributed by atoms with van der Waals surface area (Å²) >= 11 is 1.35. The molecule has 1 amide bonds. The minimum atomic E-state index is -1.05. The third-order valence-corrected chi connectivity index (χ3v) is 4.62. The van der Waals surface area contributed by atoms with E-state index in [-0.39, 0.29) is 12.5 Å².